The Kier molecular flexibility index (Phi) is 4.81. The molecule has 1 N–H and O–H groups in total. The van der Waals surface area contributed by atoms with E-state index in [-0.39, 0.29) is 6.61 Å². The summed E-state index contributed by atoms with van der Waals surface area (Å²) in [4.78, 5) is 0. The molecule has 0 aliphatic heterocycles. The molecule has 2 aromatic rings. The van der Waals surface area contributed by atoms with Crippen molar-refractivity contribution in [3.8, 4) is 17.0 Å². The number of aromatic nitrogens is 1. The van der Waals surface area contributed by atoms with Gasteiger partial charge in [-0.3, -0.25) is 0 Å². The lowest BCUT2D eigenvalue weighted by Gasteiger charge is -2.15. The van der Waals surface area contributed by atoms with Crippen LogP contribution in [-0.2, 0) is 19.4 Å². The molecule has 112 valence electrons. The first kappa shape index (κ1) is 15.3. The van der Waals surface area contributed by atoms with Crippen molar-refractivity contribution in [3.05, 3.63) is 52.4 Å². The predicted molar refractivity (Wildman–Crippen MR) is 82.1 cm³/mol. The molecule has 0 spiro atoms. The van der Waals surface area contributed by atoms with E-state index >= 15 is 0 Å². The summed E-state index contributed by atoms with van der Waals surface area (Å²) in [6.07, 6.45) is 3.10. The maximum atomic E-state index is 12.4. The third kappa shape index (κ3) is 2.85. The van der Waals surface area contributed by atoms with Crippen molar-refractivity contribution in [2.24, 2.45) is 0 Å². The third-order valence-corrected chi connectivity index (χ3v) is 3.74. The number of hydrogen-bond donors (Lipinski definition) is 1. The van der Waals surface area contributed by atoms with Gasteiger partial charge in [0.05, 0.1) is 30.9 Å². The van der Waals surface area contributed by atoms with Gasteiger partial charge in [-0.15, -0.1) is 0 Å². The molecule has 4 heteroatoms. The van der Waals surface area contributed by atoms with Crippen LogP contribution in [0.15, 0.2) is 30.5 Å². The highest BCUT2D eigenvalue weighted by Gasteiger charge is 2.20. The smallest absolute Gasteiger partial charge is 0.228 e. The first-order chi connectivity index (χ1) is 10.2. The second-order valence-electron chi connectivity index (χ2n) is 4.89. The summed E-state index contributed by atoms with van der Waals surface area (Å²) in [6, 6.07) is 7.82. The molecular weight excluding hydrogens is 266 g/mol. The number of rotatable bonds is 5. The van der Waals surface area contributed by atoms with Gasteiger partial charge in [-0.2, -0.15) is 4.73 Å². The molecule has 0 aliphatic rings. The Morgan fingerprint density at radius 2 is 1.76 bits per heavy atom. The zero-order valence-electron chi connectivity index (χ0n) is 12.7. The number of ether oxygens (including phenoxy) is 1. The van der Waals surface area contributed by atoms with Crippen molar-refractivity contribution in [2.75, 3.05) is 7.11 Å². The molecule has 4 nitrogen and oxygen atoms in total. The van der Waals surface area contributed by atoms with Crippen LogP contribution >= 0.6 is 0 Å². The Morgan fingerprint density at radius 1 is 1.14 bits per heavy atom. The molecule has 21 heavy (non-hydrogen) atoms. The monoisotopic (exact) mass is 287 g/mol. The van der Waals surface area contributed by atoms with E-state index < -0.39 is 0 Å². The second kappa shape index (κ2) is 6.59. The van der Waals surface area contributed by atoms with Gasteiger partial charge in [0.25, 0.3) is 0 Å². The van der Waals surface area contributed by atoms with Gasteiger partial charge in [-0.25, -0.2) is 0 Å². The molecule has 0 unspecified atom stereocenters. The average Bonchev–Trinajstić information content (AvgIpc) is 2.53. The Morgan fingerprint density at radius 3 is 2.24 bits per heavy atom. The van der Waals surface area contributed by atoms with Crippen molar-refractivity contribution in [2.45, 2.75) is 33.3 Å². The Labute approximate surface area is 125 Å². The molecule has 0 saturated heterocycles. The summed E-state index contributed by atoms with van der Waals surface area (Å²) in [5.41, 5.74) is 4.30. The van der Waals surface area contributed by atoms with Crippen LogP contribution in [0, 0.1) is 5.21 Å². The number of methoxy groups -OCH3 is 1. The van der Waals surface area contributed by atoms with Crippen molar-refractivity contribution in [1.82, 2.24) is 0 Å². The highest BCUT2D eigenvalue weighted by molar-refractivity contribution is 5.67. The zero-order valence-corrected chi connectivity index (χ0v) is 12.7. The molecule has 0 bridgehead atoms. The first-order valence-corrected chi connectivity index (χ1v) is 7.18. The van der Waals surface area contributed by atoms with Crippen molar-refractivity contribution in [3.63, 3.8) is 0 Å². The first-order valence-electron chi connectivity index (χ1n) is 7.18. The van der Waals surface area contributed by atoms with E-state index in [4.69, 9.17) is 4.74 Å². The molecule has 0 aliphatic carbocycles. The maximum absolute atomic E-state index is 12.4. The highest BCUT2D eigenvalue weighted by atomic mass is 16.5. The number of hydrogen-bond acceptors (Lipinski definition) is 3. The van der Waals surface area contributed by atoms with Gasteiger partial charge in [0, 0.05) is 0 Å². The fourth-order valence-corrected chi connectivity index (χ4v) is 2.62. The third-order valence-electron chi connectivity index (χ3n) is 3.74. The van der Waals surface area contributed by atoms with Crippen LogP contribution in [0.4, 0.5) is 0 Å². The number of aliphatic hydroxyl groups excluding tert-OH is 1. The number of benzene rings is 1. The van der Waals surface area contributed by atoms with Crippen LogP contribution < -0.4 is 9.47 Å². The lowest BCUT2D eigenvalue weighted by atomic mass is 9.94. The summed E-state index contributed by atoms with van der Waals surface area (Å²) in [5, 5.41) is 21.7. The molecule has 0 radical (unpaired) electrons. The molecule has 1 aromatic carbocycles. The van der Waals surface area contributed by atoms with E-state index in [0.29, 0.717) is 17.0 Å². The molecule has 0 fully saturated rings. The van der Waals surface area contributed by atoms with Gasteiger partial charge in [0.1, 0.15) is 5.75 Å². The van der Waals surface area contributed by atoms with Gasteiger partial charge in [0.2, 0.25) is 5.69 Å². The summed E-state index contributed by atoms with van der Waals surface area (Å²) in [5.74, 6) is 0.535. The van der Waals surface area contributed by atoms with E-state index in [1.54, 1.807) is 13.2 Å². The predicted octanol–water partition coefficient (Wildman–Crippen LogP) is 2.61. The number of nitrogens with zero attached hydrogens (tertiary/aromatic N) is 1. The van der Waals surface area contributed by atoms with Crippen LogP contribution in [0.5, 0.6) is 5.75 Å². The quantitative estimate of drug-likeness (QED) is 0.679. The normalized spacial score (nSPS) is 10.7. The number of aryl methyl sites for hydroxylation is 2. The van der Waals surface area contributed by atoms with Gasteiger partial charge in [0.15, 0.2) is 6.20 Å². The minimum absolute atomic E-state index is 0.220. The van der Waals surface area contributed by atoms with E-state index in [1.807, 2.05) is 18.2 Å². The standard InChI is InChI=1S/C17H21NO3/c1-4-12-7-6-8-13(5-2)17(12)15-9-16(21-3)14(11-19)10-18(15)20/h6-10,19H,4-5,11H2,1-3H3. The van der Waals surface area contributed by atoms with Crippen molar-refractivity contribution in [1.29, 1.82) is 0 Å². The fourth-order valence-electron chi connectivity index (χ4n) is 2.62. The topological polar surface area (TPSA) is 56.4 Å². The highest BCUT2D eigenvalue weighted by Crippen LogP contribution is 2.30. The lowest BCUT2D eigenvalue weighted by molar-refractivity contribution is -0.594. The van der Waals surface area contributed by atoms with Crippen LogP contribution in [0.1, 0.15) is 30.5 Å². The summed E-state index contributed by atoms with van der Waals surface area (Å²) in [7, 11) is 1.54. The number of aliphatic hydroxyl groups is 1. The van der Waals surface area contributed by atoms with E-state index in [1.165, 1.54) is 6.20 Å². The second-order valence-corrected chi connectivity index (χ2v) is 4.89. The fraction of sp³-hybridized carbons (Fsp3) is 0.353. The Hall–Kier alpha value is -2.07. The van der Waals surface area contributed by atoms with Crippen LogP contribution in [0.3, 0.4) is 0 Å². The number of pyridine rings is 1. The Balaban J connectivity index is 2.72. The van der Waals surface area contributed by atoms with E-state index in [2.05, 4.69) is 13.8 Å². The maximum Gasteiger partial charge on any atom is 0.228 e. The molecule has 0 amide bonds. The van der Waals surface area contributed by atoms with Crippen LogP contribution in [0.2, 0.25) is 0 Å². The minimum atomic E-state index is -0.220. The zero-order chi connectivity index (χ0) is 15.4. The lowest BCUT2D eigenvalue weighted by Crippen LogP contribution is -2.30. The van der Waals surface area contributed by atoms with E-state index in [9.17, 15) is 10.3 Å². The SMILES string of the molecule is CCc1cccc(CC)c1-c1cc(OC)c(CO)c[n+]1[O-]. The summed E-state index contributed by atoms with van der Waals surface area (Å²) >= 11 is 0. The van der Waals surface area contributed by atoms with E-state index in [0.717, 1.165) is 34.3 Å². The molecular formula is C17H21NO3. The van der Waals surface area contributed by atoms with Gasteiger partial charge >= 0.3 is 0 Å². The van der Waals surface area contributed by atoms with Crippen molar-refractivity contribution >= 4 is 0 Å². The van der Waals surface area contributed by atoms with Crippen molar-refractivity contribution < 1.29 is 14.6 Å². The average molecular weight is 287 g/mol. The molecule has 1 heterocycles. The Bertz CT molecular complexity index is 616. The van der Waals surface area contributed by atoms with Gasteiger partial charge < -0.3 is 15.1 Å². The molecule has 2 rings (SSSR count). The van der Waals surface area contributed by atoms with Gasteiger partial charge in [-0.1, -0.05) is 32.0 Å². The minimum Gasteiger partial charge on any atom is -0.618 e. The molecule has 1 aromatic heterocycles. The van der Waals surface area contributed by atoms with Crippen LogP contribution in [-0.4, -0.2) is 12.2 Å². The largest absolute Gasteiger partial charge is 0.618 e. The van der Waals surface area contributed by atoms with Gasteiger partial charge in [-0.05, 0) is 24.0 Å². The molecule has 0 saturated carbocycles. The summed E-state index contributed by atoms with van der Waals surface area (Å²) < 4.78 is 6.11. The summed E-state index contributed by atoms with van der Waals surface area (Å²) in [6.45, 7) is 3.93. The van der Waals surface area contributed by atoms with Crippen LogP contribution in [0.25, 0.3) is 11.3 Å². The molecule has 0 atom stereocenters.